The summed E-state index contributed by atoms with van der Waals surface area (Å²) >= 11 is 0.957. The summed E-state index contributed by atoms with van der Waals surface area (Å²) in [5, 5.41) is 34.1. The number of carbonyl (C=O) groups excluding carboxylic acids is 1. The third-order valence-electron chi connectivity index (χ3n) is 6.68. The number of carboxylic acids is 1. The maximum Gasteiger partial charge on any atom is 0.284 e. The zero-order valence-electron chi connectivity index (χ0n) is 18.6. The number of hydrogen-bond acceptors (Lipinski definition) is 7. The van der Waals surface area contributed by atoms with Crippen LogP contribution in [0.1, 0.15) is 70.6 Å². The summed E-state index contributed by atoms with van der Waals surface area (Å²) in [4.78, 5) is 21.7. The smallest absolute Gasteiger partial charge is 0.284 e. The van der Waals surface area contributed by atoms with E-state index in [1.54, 1.807) is 12.1 Å². The molecule has 1 aromatic carbocycles. The normalized spacial score (nSPS) is 25.2. The molecule has 0 amide bonds. The molecule has 2 saturated carbocycles. The Bertz CT molecular complexity index is 737. The number of nitro benzene ring substituents is 1. The van der Waals surface area contributed by atoms with Crippen molar-refractivity contribution in [3.05, 3.63) is 34.4 Å². The van der Waals surface area contributed by atoms with Gasteiger partial charge in [0, 0.05) is 12.6 Å². The van der Waals surface area contributed by atoms with Crippen LogP contribution in [-0.4, -0.2) is 51.1 Å². The predicted molar refractivity (Wildman–Crippen MR) is 121 cm³/mol. The molecule has 4 rings (SSSR count). The summed E-state index contributed by atoms with van der Waals surface area (Å²) in [5.74, 6) is -1.38. The minimum Gasteiger partial charge on any atom is -0.548 e. The Morgan fingerprint density at radius 1 is 1.00 bits per heavy atom. The number of quaternary nitrogens is 1. The highest BCUT2D eigenvalue weighted by Crippen LogP contribution is 2.36. The lowest BCUT2D eigenvalue weighted by Gasteiger charge is -2.27. The van der Waals surface area contributed by atoms with Crippen LogP contribution in [0.15, 0.2) is 29.2 Å². The van der Waals surface area contributed by atoms with Gasteiger partial charge in [0.05, 0.1) is 35.1 Å². The highest BCUT2D eigenvalue weighted by molar-refractivity contribution is 7.97. The van der Waals surface area contributed by atoms with E-state index in [1.165, 1.54) is 80.6 Å². The van der Waals surface area contributed by atoms with Crippen LogP contribution < -0.4 is 10.4 Å². The maximum atomic E-state index is 11.0. The Kier molecular flexibility index (Phi) is 9.77. The van der Waals surface area contributed by atoms with Crippen molar-refractivity contribution >= 4 is 23.6 Å². The van der Waals surface area contributed by atoms with Crippen LogP contribution in [0.25, 0.3) is 0 Å². The summed E-state index contributed by atoms with van der Waals surface area (Å²) in [7, 11) is 0. The molecular formula is C23H35N3O5S. The van der Waals surface area contributed by atoms with Crippen LogP contribution in [0.5, 0.6) is 0 Å². The minimum absolute atomic E-state index is 0.0917. The van der Waals surface area contributed by atoms with E-state index in [9.17, 15) is 25.1 Å². The highest BCUT2D eigenvalue weighted by atomic mass is 32.2. The SMILES string of the molecule is C1CCC([NH2+]C2CCCCC2)CC1.O=C([O-])[C@@H]1C(O)CCN1Sc1ccccc1[N+](=O)[O-]. The number of nitrogens with two attached hydrogens (primary N) is 1. The summed E-state index contributed by atoms with van der Waals surface area (Å²) in [6.45, 7) is 0.330. The lowest BCUT2D eigenvalue weighted by atomic mass is 9.91. The first-order valence-electron chi connectivity index (χ1n) is 11.9. The first-order chi connectivity index (χ1) is 15.5. The molecule has 178 valence electrons. The third kappa shape index (κ3) is 7.16. The number of carboxylic acid groups (broad SMARTS) is 1. The lowest BCUT2D eigenvalue weighted by molar-refractivity contribution is -0.725. The van der Waals surface area contributed by atoms with Crippen molar-refractivity contribution < 1.29 is 25.2 Å². The number of aliphatic hydroxyl groups is 1. The average Bonchev–Trinajstić information content (AvgIpc) is 3.16. The van der Waals surface area contributed by atoms with Crippen molar-refractivity contribution in [2.24, 2.45) is 0 Å². The molecule has 3 N–H and O–H groups in total. The standard InChI is InChI=1S/C12H23N.C11H12N2O5S/c1-3-7-11(8-4-1)13-12-9-5-2-6-10-12;14-8-5-6-12(10(8)11(15)16)19-9-4-2-1-3-7(9)13(17)18/h11-13H,1-10H2;1-4,8,10,14H,5-6H2,(H,15,16)/t;8?,10-/m.0/s1. The van der Waals surface area contributed by atoms with Gasteiger partial charge in [-0.25, -0.2) is 4.31 Å². The topological polar surface area (TPSA) is 123 Å². The summed E-state index contributed by atoms with van der Waals surface area (Å²) in [6, 6.07) is 6.91. The Hall–Kier alpha value is -1.68. The second-order valence-corrected chi connectivity index (χ2v) is 10.2. The first kappa shape index (κ1) is 25.0. The molecular weight excluding hydrogens is 430 g/mol. The fourth-order valence-corrected chi connectivity index (χ4v) is 6.14. The zero-order chi connectivity index (χ0) is 22.9. The number of rotatable bonds is 6. The van der Waals surface area contributed by atoms with Gasteiger partial charge >= 0.3 is 0 Å². The van der Waals surface area contributed by atoms with Crippen LogP contribution in [0.2, 0.25) is 0 Å². The molecule has 1 aromatic rings. The number of carbonyl (C=O) groups is 1. The van der Waals surface area contributed by atoms with Gasteiger partial charge in [0.2, 0.25) is 0 Å². The van der Waals surface area contributed by atoms with Crippen molar-refractivity contribution in [3.63, 3.8) is 0 Å². The van der Waals surface area contributed by atoms with E-state index in [4.69, 9.17) is 0 Å². The Labute approximate surface area is 194 Å². The number of benzene rings is 1. The van der Waals surface area contributed by atoms with Crippen molar-refractivity contribution in [2.45, 2.75) is 99.8 Å². The first-order valence-corrected chi connectivity index (χ1v) is 12.6. The lowest BCUT2D eigenvalue weighted by Crippen LogP contribution is -2.95. The molecule has 32 heavy (non-hydrogen) atoms. The molecule has 3 fully saturated rings. The molecule has 0 spiro atoms. The molecule has 0 aromatic heterocycles. The summed E-state index contributed by atoms with van der Waals surface area (Å²) in [5.41, 5.74) is -0.0917. The molecule has 9 heteroatoms. The van der Waals surface area contributed by atoms with E-state index in [1.807, 2.05) is 0 Å². The van der Waals surface area contributed by atoms with E-state index in [-0.39, 0.29) is 5.69 Å². The molecule has 1 saturated heterocycles. The number of hydrogen-bond donors (Lipinski definition) is 2. The van der Waals surface area contributed by atoms with E-state index < -0.39 is 23.0 Å². The molecule has 2 aliphatic carbocycles. The van der Waals surface area contributed by atoms with Gasteiger partial charge in [-0.3, -0.25) is 10.1 Å². The summed E-state index contributed by atoms with van der Waals surface area (Å²) < 4.78 is 1.41. The molecule has 1 heterocycles. The number of aliphatic hydroxyl groups excluding tert-OH is 1. The van der Waals surface area contributed by atoms with Gasteiger partial charge in [0.25, 0.3) is 5.69 Å². The van der Waals surface area contributed by atoms with E-state index in [2.05, 4.69) is 5.32 Å². The number of nitrogens with zero attached hydrogens (tertiary/aromatic N) is 2. The predicted octanol–water partition coefficient (Wildman–Crippen LogP) is 2.00. The van der Waals surface area contributed by atoms with Gasteiger partial charge in [-0.15, -0.1) is 0 Å². The van der Waals surface area contributed by atoms with Crippen LogP contribution in [0.4, 0.5) is 5.69 Å². The Morgan fingerprint density at radius 2 is 1.56 bits per heavy atom. The zero-order valence-corrected chi connectivity index (χ0v) is 19.4. The molecule has 3 aliphatic rings. The van der Waals surface area contributed by atoms with Gasteiger partial charge in [0.15, 0.2) is 0 Å². The van der Waals surface area contributed by atoms with Crippen LogP contribution in [-0.2, 0) is 4.79 Å². The van der Waals surface area contributed by atoms with Crippen LogP contribution in [0.3, 0.4) is 0 Å². The maximum absolute atomic E-state index is 11.0. The van der Waals surface area contributed by atoms with E-state index in [0.717, 1.165) is 24.0 Å². The molecule has 1 unspecified atom stereocenters. The molecule has 0 radical (unpaired) electrons. The van der Waals surface area contributed by atoms with Gasteiger partial charge in [-0.1, -0.05) is 25.0 Å². The molecule has 1 aliphatic heterocycles. The van der Waals surface area contributed by atoms with Crippen LogP contribution >= 0.6 is 11.9 Å². The molecule has 8 nitrogen and oxygen atoms in total. The second kappa shape index (κ2) is 12.5. The Balaban J connectivity index is 0.000000193. The second-order valence-electron chi connectivity index (χ2n) is 9.07. The van der Waals surface area contributed by atoms with Gasteiger partial charge in [-0.05, 0) is 75.8 Å². The number of para-hydroxylation sites is 1. The van der Waals surface area contributed by atoms with E-state index in [0.29, 0.717) is 17.9 Å². The van der Waals surface area contributed by atoms with Crippen molar-refractivity contribution in [1.82, 2.24) is 4.31 Å². The van der Waals surface area contributed by atoms with Gasteiger partial charge in [0.1, 0.15) is 4.90 Å². The van der Waals surface area contributed by atoms with Gasteiger partial charge < -0.3 is 20.3 Å². The van der Waals surface area contributed by atoms with E-state index >= 15 is 0 Å². The van der Waals surface area contributed by atoms with Gasteiger partial charge in [-0.2, -0.15) is 0 Å². The Morgan fingerprint density at radius 3 is 2.09 bits per heavy atom. The number of aliphatic carboxylic acids is 1. The largest absolute Gasteiger partial charge is 0.548 e. The van der Waals surface area contributed by atoms with Crippen molar-refractivity contribution in [3.8, 4) is 0 Å². The van der Waals surface area contributed by atoms with Crippen LogP contribution in [0, 0.1) is 10.1 Å². The van der Waals surface area contributed by atoms with Crippen molar-refractivity contribution in [2.75, 3.05) is 6.54 Å². The number of nitro groups is 1. The quantitative estimate of drug-likeness (QED) is 0.374. The highest BCUT2D eigenvalue weighted by Gasteiger charge is 2.35. The van der Waals surface area contributed by atoms with Crippen molar-refractivity contribution in [1.29, 1.82) is 0 Å². The molecule has 0 bridgehead atoms. The molecule has 2 atom stereocenters. The average molecular weight is 466 g/mol. The summed E-state index contributed by atoms with van der Waals surface area (Å²) in [6.07, 6.45) is 14.2. The fraction of sp³-hybridized carbons (Fsp3) is 0.696. The third-order valence-corrected chi connectivity index (χ3v) is 7.87. The fourth-order valence-electron chi connectivity index (χ4n) is 4.98. The monoisotopic (exact) mass is 465 g/mol. The minimum atomic E-state index is -1.38.